The molecule has 3 heteroatoms. The highest BCUT2D eigenvalue weighted by atomic mass is 16.5. The van der Waals surface area contributed by atoms with Crippen molar-refractivity contribution in [3.05, 3.63) is 54.0 Å². The fraction of sp³-hybridized carbons (Fsp3) is 0.375. The molecule has 0 fully saturated rings. The van der Waals surface area contributed by atoms with E-state index in [4.69, 9.17) is 9.15 Å². The van der Waals surface area contributed by atoms with Gasteiger partial charge in [0.05, 0.1) is 25.2 Å². The maximum Gasteiger partial charge on any atom is 0.119 e. The Morgan fingerprint density at radius 3 is 2.47 bits per heavy atom. The standard InChI is InChI=1S/C16H21NO2/c1-3-10-17-16(14-9-11-18-12-14)13-5-7-15(8-6-13)19-4-2/h5-9,11-12,16-17H,3-4,10H2,1-2H3. The molecule has 0 radical (unpaired) electrons. The topological polar surface area (TPSA) is 34.4 Å². The van der Waals surface area contributed by atoms with Crippen molar-refractivity contribution in [2.24, 2.45) is 0 Å². The van der Waals surface area contributed by atoms with Crippen LogP contribution >= 0.6 is 0 Å². The second kappa shape index (κ2) is 7.00. The molecule has 102 valence electrons. The fourth-order valence-electron chi connectivity index (χ4n) is 2.08. The number of ether oxygens (including phenoxy) is 1. The summed E-state index contributed by atoms with van der Waals surface area (Å²) < 4.78 is 10.7. The third kappa shape index (κ3) is 3.61. The number of nitrogens with one attached hydrogen (secondary N) is 1. The smallest absolute Gasteiger partial charge is 0.119 e. The second-order valence-electron chi connectivity index (χ2n) is 4.45. The van der Waals surface area contributed by atoms with Crippen molar-refractivity contribution in [3.8, 4) is 5.75 Å². The van der Waals surface area contributed by atoms with Crippen molar-refractivity contribution in [1.29, 1.82) is 0 Å². The number of hydrogen-bond acceptors (Lipinski definition) is 3. The molecule has 1 aromatic heterocycles. The van der Waals surface area contributed by atoms with Gasteiger partial charge in [0, 0.05) is 5.56 Å². The number of benzene rings is 1. The van der Waals surface area contributed by atoms with Crippen LogP contribution in [0.5, 0.6) is 5.75 Å². The van der Waals surface area contributed by atoms with E-state index in [2.05, 4.69) is 24.4 Å². The molecular weight excluding hydrogens is 238 g/mol. The molecule has 0 aliphatic carbocycles. The molecule has 0 saturated heterocycles. The first kappa shape index (κ1) is 13.7. The van der Waals surface area contributed by atoms with Gasteiger partial charge in [0.2, 0.25) is 0 Å². The Bertz CT molecular complexity index is 462. The SMILES string of the molecule is CCCNC(c1ccc(OCC)cc1)c1ccoc1. The van der Waals surface area contributed by atoms with Crippen molar-refractivity contribution in [2.45, 2.75) is 26.3 Å². The van der Waals surface area contributed by atoms with Gasteiger partial charge in [0.15, 0.2) is 0 Å². The maximum atomic E-state index is 5.47. The molecule has 0 aliphatic heterocycles. The first-order valence-corrected chi connectivity index (χ1v) is 6.83. The van der Waals surface area contributed by atoms with Crippen LogP contribution in [0.4, 0.5) is 0 Å². The molecule has 1 atom stereocenters. The molecule has 1 N–H and O–H groups in total. The van der Waals surface area contributed by atoms with Gasteiger partial charge in [-0.15, -0.1) is 0 Å². The van der Waals surface area contributed by atoms with E-state index in [0.29, 0.717) is 6.61 Å². The average molecular weight is 259 g/mol. The first-order valence-electron chi connectivity index (χ1n) is 6.83. The molecule has 0 bridgehead atoms. The minimum Gasteiger partial charge on any atom is -0.494 e. The Morgan fingerprint density at radius 1 is 1.11 bits per heavy atom. The Morgan fingerprint density at radius 2 is 1.89 bits per heavy atom. The Balaban J connectivity index is 2.17. The summed E-state index contributed by atoms with van der Waals surface area (Å²) in [5.41, 5.74) is 2.37. The highest BCUT2D eigenvalue weighted by Crippen LogP contribution is 2.24. The summed E-state index contributed by atoms with van der Waals surface area (Å²) in [6, 6.07) is 10.4. The van der Waals surface area contributed by atoms with Crippen LogP contribution in [-0.2, 0) is 0 Å². The lowest BCUT2D eigenvalue weighted by molar-refractivity contribution is 0.340. The lowest BCUT2D eigenvalue weighted by atomic mass is 10.0. The molecule has 0 amide bonds. The molecule has 2 aromatic rings. The fourth-order valence-corrected chi connectivity index (χ4v) is 2.08. The highest BCUT2D eigenvalue weighted by Gasteiger charge is 2.14. The summed E-state index contributed by atoms with van der Waals surface area (Å²) >= 11 is 0. The minimum atomic E-state index is 0.175. The molecule has 3 nitrogen and oxygen atoms in total. The molecule has 19 heavy (non-hydrogen) atoms. The predicted octanol–water partition coefficient (Wildman–Crippen LogP) is 3.77. The van der Waals surface area contributed by atoms with E-state index >= 15 is 0 Å². The van der Waals surface area contributed by atoms with E-state index in [-0.39, 0.29) is 6.04 Å². The van der Waals surface area contributed by atoms with Crippen LogP contribution in [0.2, 0.25) is 0 Å². The third-order valence-corrected chi connectivity index (χ3v) is 3.00. The summed E-state index contributed by atoms with van der Waals surface area (Å²) in [6.07, 6.45) is 4.61. The zero-order valence-corrected chi connectivity index (χ0v) is 11.6. The summed E-state index contributed by atoms with van der Waals surface area (Å²) in [5, 5.41) is 3.54. The van der Waals surface area contributed by atoms with Gasteiger partial charge in [-0.1, -0.05) is 19.1 Å². The van der Waals surface area contributed by atoms with Crippen molar-refractivity contribution in [2.75, 3.05) is 13.2 Å². The van der Waals surface area contributed by atoms with Crippen LogP contribution in [0.3, 0.4) is 0 Å². The van der Waals surface area contributed by atoms with E-state index in [0.717, 1.165) is 24.3 Å². The molecule has 2 rings (SSSR count). The Hall–Kier alpha value is -1.74. The van der Waals surface area contributed by atoms with E-state index in [1.807, 2.05) is 25.1 Å². The number of rotatable bonds is 7. The maximum absolute atomic E-state index is 5.47. The Kier molecular flexibility index (Phi) is 5.04. The molecule has 0 saturated carbocycles. The van der Waals surface area contributed by atoms with Gasteiger partial charge in [0.1, 0.15) is 5.75 Å². The van der Waals surface area contributed by atoms with Crippen molar-refractivity contribution in [3.63, 3.8) is 0 Å². The van der Waals surface area contributed by atoms with Crippen molar-refractivity contribution in [1.82, 2.24) is 5.32 Å². The van der Waals surface area contributed by atoms with Gasteiger partial charge >= 0.3 is 0 Å². The van der Waals surface area contributed by atoms with Crippen LogP contribution < -0.4 is 10.1 Å². The van der Waals surface area contributed by atoms with E-state index in [9.17, 15) is 0 Å². The third-order valence-electron chi connectivity index (χ3n) is 3.00. The molecule has 0 spiro atoms. The van der Waals surface area contributed by atoms with Crippen molar-refractivity contribution >= 4 is 0 Å². The lowest BCUT2D eigenvalue weighted by Gasteiger charge is -2.18. The second-order valence-corrected chi connectivity index (χ2v) is 4.45. The van der Waals surface area contributed by atoms with Gasteiger partial charge in [-0.3, -0.25) is 0 Å². The van der Waals surface area contributed by atoms with Crippen LogP contribution in [0.1, 0.15) is 37.4 Å². The highest BCUT2D eigenvalue weighted by molar-refractivity contribution is 5.34. The van der Waals surface area contributed by atoms with E-state index < -0.39 is 0 Å². The van der Waals surface area contributed by atoms with E-state index in [1.165, 1.54) is 5.56 Å². The van der Waals surface area contributed by atoms with Crippen molar-refractivity contribution < 1.29 is 9.15 Å². The largest absolute Gasteiger partial charge is 0.494 e. The van der Waals surface area contributed by atoms with Gasteiger partial charge in [0.25, 0.3) is 0 Å². The summed E-state index contributed by atoms with van der Waals surface area (Å²) in [5.74, 6) is 0.910. The Labute approximate surface area is 114 Å². The zero-order valence-electron chi connectivity index (χ0n) is 11.6. The summed E-state index contributed by atoms with van der Waals surface area (Å²) in [6.45, 7) is 5.82. The quantitative estimate of drug-likeness (QED) is 0.822. The van der Waals surface area contributed by atoms with Crippen LogP contribution in [-0.4, -0.2) is 13.2 Å². The first-order chi connectivity index (χ1) is 9.35. The zero-order chi connectivity index (χ0) is 13.5. The lowest BCUT2D eigenvalue weighted by Crippen LogP contribution is -2.22. The van der Waals surface area contributed by atoms with Gasteiger partial charge < -0.3 is 14.5 Å². The molecule has 1 unspecified atom stereocenters. The van der Waals surface area contributed by atoms with Gasteiger partial charge in [-0.05, 0) is 43.7 Å². The minimum absolute atomic E-state index is 0.175. The van der Waals surface area contributed by atoms with Gasteiger partial charge in [-0.2, -0.15) is 0 Å². The number of furan rings is 1. The average Bonchev–Trinajstić information content (AvgIpc) is 2.95. The summed E-state index contributed by atoms with van der Waals surface area (Å²) in [4.78, 5) is 0. The predicted molar refractivity (Wildman–Crippen MR) is 76.5 cm³/mol. The molecular formula is C16H21NO2. The normalized spacial score (nSPS) is 12.3. The molecule has 1 heterocycles. The summed E-state index contributed by atoms with van der Waals surface area (Å²) in [7, 11) is 0. The molecule has 0 aliphatic rings. The van der Waals surface area contributed by atoms with E-state index in [1.54, 1.807) is 12.5 Å². The van der Waals surface area contributed by atoms with Crippen LogP contribution in [0.15, 0.2) is 47.3 Å². The monoisotopic (exact) mass is 259 g/mol. The number of hydrogen-bond donors (Lipinski definition) is 1. The van der Waals surface area contributed by atoms with Crippen LogP contribution in [0, 0.1) is 0 Å². The molecule has 1 aromatic carbocycles. The van der Waals surface area contributed by atoms with Gasteiger partial charge in [-0.25, -0.2) is 0 Å². The van der Waals surface area contributed by atoms with Crippen LogP contribution in [0.25, 0.3) is 0 Å².